The fraction of sp³-hybridized carbons (Fsp3) is 0.500. The Bertz CT molecular complexity index is 286. The van der Waals surface area contributed by atoms with Gasteiger partial charge in [0.25, 0.3) is 0 Å². The van der Waals surface area contributed by atoms with Gasteiger partial charge in [-0.15, -0.1) is 0 Å². The van der Waals surface area contributed by atoms with E-state index in [1.807, 2.05) is 17.9 Å². The van der Waals surface area contributed by atoms with Gasteiger partial charge in [-0.05, 0) is 19.4 Å². The zero-order valence-corrected chi connectivity index (χ0v) is 8.33. The van der Waals surface area contributed by atoms with Crippen LogP contribution >= 0.6 is 0 Å². The summed E-state index contributed by atoms with van der Waals surface area (Å²) in [6.07, 6.45) is 8.13. The Kier molecular flexibility index (Phi) is 3.71. The molecule has 0 atom stereocenters. The van der Waals surface area contributed by atoms with E-state index in [1.165, 1.54) is 5.56 Å². The summed E-state index contributed by atoms with van der Waals surface area (Å²) in [6.45, 7) is 2.82. The molecule has 1 rings (SSSR count). The maximum atomic E-state index is 5.40. The average molecular weight is 179 g/mol. The molecule has 0 aliphatic rings. The SMILES string of the molecule is CCc1nn(C)cc1/C=C/CCN. The third-order valence-electron chi connectivity index (χ3n) is 1.90. The lowest BCUT2D eigenvalue weighted by Crippen LogP contribution is -1.95. The molecule has 1 aromatic heterocycles. The molecule has 0 spiro atoms. The molecule has 13 heavy (non-hydrogen) atoms. The van der Waals surface area contributed by atoms with Crippen molar-refractivity contribution in [3.8, 4) is 0 Å². The molecule has 0 fully saturated rings. The summed E-state index contributed by atoms with van der Waals surface area (Å²) in [5.41, 5.74) is 7.75. The van der Waals surface area contributed by atoms with Gasteiger partial charge in [-0.2, -0.15) is 5.10 Å². The monoisotopic (exact) mass is 179 g/mol. The Balaban J connectivity index is 2.74. The topological polar surface area (TPSA) is 43.8 Å². The highest BCUT2D eigenvalue weighted by molar-refractivity contribution is 5.50. The van der Waals surface area contributed by atoms with Crippen LogP contribution in [0.1, 0.15) is 24.6 Å². The molecule has 1 heterocycles. The molecule has 0 radical (unpaired) electrons. The van der Waals surface area contributed by atoms with Gasteiger partial charge in [-0.3, -0.25) is 4.68 Å². The summed E-state index contributed by atoms with van der Waals surface area (Å²) in [6, 6.07) is 0. The van der Waals surface area contributed by atoms with Crippen molar-refractivity contribution < 1.29 is 0 Å². The van der Waals surface area contributed by atoms with Crippen LogP contribution in [0.5, 0.6) is 0 Å². The molecule has 0 saturated carbocycles. The summed E-state index contributed by atoms with van der Waals surface area (Å²) in [5, 5.41) is 4.34. The Morgan fingerprint density at radius 2 is 2.38 bits per heavy atom. The molecular formula is C10H17N3. The molecule has 1 aromatic rings. The van der Waals surface area contributed by atoms with Crippen LogP contribution in [0.2, 0.25) is 0 Å². The van der Waals surface area contributed by atoms with E-state index in [2.05, 4.69) is 24.2 Å². The third-order valence-corrected chi connectivity index (χ3v) is 1.90. The number of nitrogens with two attached hydrogens (primary N) is 1. The molecule has 0 amide bonds. The van der Waals surface area contributed by atoms with Gasteiger partial charge in [-0.1, -0.05) is 19.1 Å². The highest BCUT2D eigenvalue weighted by atomic mass is 15.2. The van der Waals surface area contributed by atoms with Crippen LogP contribution in [-0.2, 0) is 13.5 Å². The molecule has 0 saturated heterocycles. The highest BCUT2D eigenvalue weighted by Crippen LogP contribution is 2.09. The average Bonchev–Trinajstić information content (AvgIpc) is 2.47. The first kappa shape index (κ1) is 9.99. The molecule has 0 aliphatic carbocycles. The van der Waals surface area contributed by atoms with E-state index in [-0.39, 0.29) is 0 Å². The second kappa shape index (κ2) is 4.82. The van der Waals surface area contributed by atoms with Crippen LogP contribution in [0.25, 0.3) is 6.08 Å². The first-order valence-electron chi connectivity index (χ1n) is 4.67. The molecule has 72 valence electrons. The number of aromatic nitrogens is 2. The molecule has 3 heteroatoms. The Hall–Kier alpha value is -1.09. The van der Waals surface area contributed by atoms with Gasteiger partial charge < -0.3 is 5.73 Å². The second-order valence-electron chi connectivity index (χ2n) is 3.04. The number of aryl methyl sites for hydroxylation is 2. The summed E-state index contributed by atoms with van der Waals surface area (Å²) in [7, 11) is 1.94. The lowest BCUT2D eigenvalue weighted by atomic mass is 10.2. The zero-order chi connectivity index (χ0) is 9.68. The summed E-state index contributed by atoms with van der Waals surface area (Å²) in [5.74, 6) is 0. The molecule has 2 N–H and O–H groups in total. The van der Waals surface area contributed by atoms with Crippen LogP contribution in [-0.4, -0.2) is 16.3 Å². The summed E-state index contributed by atoms with van der Waals surface area (Å²) >= 11 is 0. The normalized spacial score (nSPS) is 11.3. The Morgan fingerprint density at radius 1 is 1.62 bits per heavy atom. The van der Waals surface area contributed by atoms with Crippen LogP contribution in [0, 0.1) is 0 Å². The quantitative estimate of drug-likeness (QED) is 0.758. The predicted octanol–water partition coefficient (Wildman–Crippen LogP) is 1.34. The molecular weight excluding hydrogens is 162 g/mol. The maximum absolute atomic E-state index is 5.40. The van der Waals surface area contributed by atoms with Crippen LogP contribution in [0.3, 0.4) is 0 Å². The molecule has 0 aliphatic heterocycles. The fourth-order valence-electron chi connectivity index (χ4n) is 1.27. The minimum atomic E-state index is 0.707. The van der Waals surface area contributed by atoms with Gasteiger partial charge in [0.2, 0.25) is 0 Å². The van der Waals surface area contributed by atoms with Gasteiger partial charge in [0.1, 0.15) is 0 Å². The second-order valence-corrected chi connectivity index (χ2v) is 3.04. The minimum Gasteiger partial charge on any atom is -0.330 e. The Labute approximate surface area is 79.2 Å². The van der Waals surface area contributed by atoms with Gasteiger partial charge >= 0.3 is 0 Å². The standard InChI is InChI=1S/C10H17N3/c1-3-10-9(6-4-5-7-11)8-13(2)12-10/h4,6,8H,3,5,7,11H2,1-2H3/b6-4+. The number of rotatable bonds is 4. The van der Waals surface area contributed by atoms with Crippen LogP contribution in [0.4, 0.5) is 0 Å². The van der Waals surface area contributed by atoms with E-state index in [9.17, 15) is 0 Å². The van der Waals surface area contributed by atoms with Crippen molar-refractivity contribution in [2.75, 3.05) is 6.54 Å². The van der Waals surface area contributed by atoms with E-state index < -0.39 is 0 Å². The lowest BCUT2D eigenvalue weighted by Gasteiger charge is -1.90. The van der Waals surface area contributed by atoms with Crippen molar-refractivity contribution in [2.24, 2.45) is 12.8 Å². The predicted molar refractivity (Wildman–Crippen MR) is 55.3 cm³/mol. The fourth-order valence-corrected chi connectivity index (χ4v) is 1.27. The summed E-state index contributed by atoms with van der Waals surface area (Å²) < 4.78 is 1.85. The molecule has 3 nitrogen and oxygen atoms in total. The maximum Gasteiger partial charge on any atom is 0.0693 e. The minimum absolute atomic E-state index is 0.707. The van der Waals surface area contributed by atoms with Gasteiger partial charge in [0.15, 0.2) is 0 Å². The van der Waals surface area contributed by atoms with E-state index in [0.29, 0.717) is 6.54 Å². The largest absolute Gasteiger partial charge is 0.330 e. The van der Waals surface area contributed by atoms with E-state index in [0.717, 1.165) is 18.5 Å². The first-order valence-corrected chi connectivity index (χ1v) is 4.67. The van der Waals surface area contributed by atoms with Crippen molar-refractivity contribution in [3.05, 3.63) is 23.5 Å². The molecule has 0 aromatic carbocycles. The smallest absolute Gasteiger partial charge is 0.0693 e. The van der Waals surface area contributed by atoms with Crippen molar-refractivity contribution in [1.29, 1.82) is 0 Å². The molecule has 0 bridgehead atoms. The van der Waals surface area contributed by atoms with Crippen molar-refractivity contribution in [2.45, 2.75) is 19.8 Å². The van der Waals surface area contributed by atoms with Crippen LogP contribution in [0.15, 0.2) is 12.3 Å². The molecule has 0 unspecified atom stereocenters. The van der Waals surface area contributed by atoms with Gasteiger partial charge in [0, 0.05) is 18.8 Å². The van der Waals surface area contributed by atoms with Crippen LogP contribution < -0.4 is 5.73 Å². The lowest BCUT2D eigenvalue weighted by molar-refractivity contribution is 0.746. The number of nitrogens with zero attached hydrogens (tertiary/aromatic N) is 2. The zero-order valence-electron chi connectivity index (χ0n) is 8.33. The third kappa shape index (κ3) is 2.70. The number of hydrogen-bond donors (Lipinski definition) is 1. The van der Waals surface area contributed by atoms with Crippen molar-refractivity contribution >= 4 is 6.08 Å². The van der Waals surface area contributed by atoms with E-state index in [1.54, 1.807) is 0 Å². The summed E-state index contributed by atoms with van der Waals surface area (Å²) in [4.78, 5) is 0. The Morgan fingerprint density at radius 3 is 3.00 bits per heavy atom. The van der Waals surface area contributed by atoms with Gasteiger partial charge in [-0.25, -0.2) is 0 Å². The van der Waals surface area contributed by atoms with E-state index >= 15 is 0 Å². The van der Waals surface area contributed by atoms with Crippen molar-refractivity contribution in [1.82, 2.24) is 9.78 Å². The number of hydrogen-bond acceptors (Lipinski definition) is 2. The first-order chi connectivity index (χ1) is 6.27. The van der Waals surface area contributed by atoms with Gasteiger partial charge in [0.05, 0.1) is 5.69 Å². The van der Waals surface area contributed by atoms with E-state index in [4.69, 9.17) is 5.73 Å². The highest BCUT2D eigenvalue weighted by Gasteiger charge is 2.00. The van der Waals surface area contributed by atoms with Crippen molar-refractivity contribution in [3.63, 3.8) is 0 Å².